The molecule has 14 heavy (non-hydrogen) atoms. The molecule has 0 radical (unpaired) electrons. The summed E-state index contributed by atoms with van der Waals surface area (Å²) in [6.45, 7) is 1.18. The van der Waals surface area contributed by atoms with E-state index in [-0.39, 0.29) is 6.61 Å². The van der Waals surface area contributed by atoms with Gasteiger partial charge in [0, 0.05) is 19.4 Å². The highest BCUT2D eigenvalue weighted by atomic mass is 16.4. The maximum atomic E-state index is 8.63. The van der Waals surface area contributed by atoms with Gasteiger partial charge in [-0.05, 0) is 26.4 Å². The van der Waals surface area contributed by atoms with Crippen molar-refractivity contribution in [3.8, 4) is 0 Å². The van der Waals surface area contributed by atoms with Crippen molar-refractivity contribution in [1.29, 1.82) is 0 Å². The van der Waals surface area contributed by atoms with E-state index in [1.807, 2.05) is 7.05 Å². The topological polar surface area (TPSA) is 58.3 Å². The van der Waals surface area contributed by atoms with Crippen molar-refractivity contribution in [2.45, 2.75) is 25.7 Å². The minimum absolute atomic E-state index is 0.192. The Morgan fingerprint density at radius 1 is 1.43 bits per heavy atom. The first-order valence-corrected chi connectivity index (χ1v) is 5.06. The molecule has 4 heteroatoms. The number of aromatic nitrogens is 1. The summed E-state index contributed by atoms with van der Waals surface area (Å²) in [5, 5.41) is 11.7. The van der Waals surface area contributed by atoms with Crippen LogP contribution in [0.3, 0.4) is 0 Å². The Morgan fingerprint density at radius 3 is 3.00 bits per heavy atom. The zero-order valence-electron chi connectivity index (χ0n) is 8.62. The molecule has 0 bridgehead atoms. The number of oxazole rings is 1. The van der Waals surface area contributed by atoms with Gasteiger partial charge >= 0.3 is 0 Å². The normalized spacial score (nSPS) is 10.7. The van der Waals surface area contributed by atoms with Gasteiger partial charge < -0.3 is 14.8 Å². The lowest BCUT2D eigenvalue weighted by molar-refractivity contribution is 0.282. The van der Waals surface area contributed by atoms with E-state index in [4.69, 9.17) is 9.52 Å². The van der Waals surface area contributed by atoms with Crippen molar-refractivity contribution in [3.63, 3.8) is 0 Å². The standard InChI is InChI=1S/C10H18N2O2/c1-11-6-2-4-9-8-12-10(14-9)5-3-7-13/h8,11,13H,2-7H2,1H3. The number of nitrogens with zero attached hydrogens (tertiary/aromatic N) is 1. The van der Waals surface area contributed by atoms with E-state index in [0.717, 1.165) is 43.9 Å². The molecule has 0 spiro atoms. The van der Waals surface area contributed by atoms with Crippen molar-refractivity contribution in [3.05, 3.63) is 17.8 Å². The average molecular weight is 198 g/mol. The van der Waals surface area contributed by atoms with Gasteiger partial charge in [0.1, 0.15) is 5.76 Å². The van der Waals surface area contributed by atoms with E-state index in [9.17, 15) is 0 Å². The molecule has 0 aliphatic heterocycles. The summed E-state index contributed by atoms with van der Waals surface area (Å²) < 4.78 is 5.48. The summed E-state index contributed by atoms with van der Waals surface area (Å²) in [7, 11) is 1.94. The van der Waals surface area contributed by atoms with Crippen LogP contribution in [0.15, 0.2) is 10.6 Å². The highest BCUT2D eigenvalue weighted by Crippen LogP contribution is 2.07. The molecule has 1 aromatic heterocycles. The van der Waals surface area contributed by atoms with E-state index in [1.54, 1.807) is 6.20 Å². The molecule has 4 nitrogen and oxygen atoms in total. The predicted molar refractivity (Wildman–Crippen MR) is 54.2 cm³/mol. The van der Waals surface area contributed by atoms with Gasteiger partial charge in [0.05, 0.1) is 6.20 Å². The van der Waals surface area contributed by atoms with Crippen LogP contribution < -0.4 is 5.32 Å². The molecule has 0 unspecified atom stereocenters. The van der Waals surface area contributed by atoms with Crippen LogP contribution in [0.25, 0.3) is 0 Å². The lowest BCUT2D eigenvalue weighted by atomic mass is 10.3. The zero-order chi connectivity index (χ0) is 10.2. The van der Waals surface area contributed by atoms with Crippen LogP contribution in [0.4, 0.5) is 0 Å². The van der Waals surface area contributed by atoms with Gasteiger partial charge in [-0.25, -0.2) is 4.98 Å². The van der Waals surface area contributed by atoms with Gasteiger partial charge in [-0.2, -0.15) is 0 Å². The van der Waals surface area contributed by atoms with E-state index in [0.29, 0.717) is 0 Å². The van der Waals surface area contributed by atoms with Crippen LogP contribution in [0.1, 0.15) is 24.5 Å². The molecule has 0 saturated carbocycles. The summed E-state index contributed by atoms with van der Waals surface area (Å²) >= 11 is 0. The largest absolute Gasteiger partial charge is 0.446 e. The molecule has 1 rings (SSSR count). The second kappa shape index (κ2) is 6.56. The van der Waals surface area contributed by atoms with E-state index >= 15 is 0 Å². The Hall–Kier alpha value is -0.870. The maximum absolute atomic E-state index is 8.63. The van der Waals surface area contributed by atoms with Gasteiger partial charge in [-0.1, -0.05) is 0 Å². The summed E-state index contributed by atoms with van der Waals surface area (Å²) in [6.07, 6.45) is 5.21. The zero-order valence-corrected chi connectivity index (χ0v) is 8.62. The molecule has 0 aliphatic rings. The Labute approximate surface area is 84.3 Å². The molecule has 0 saturated heterocycles. The van der Waals surface area contributed by atoms with Crippen molar-refractivity contribution >= 4 is 0 Å². The van der Waals surface area contributed by atoms with Crippen molar-refractivity contribution in [2.75, 3.05) is 20.2 Å². The predicted octanol–water partition coefficient (Wildman–Crippen LogP) is 0.751. The van der Waals surface area contributed by atoms with E-state index in [1.165, 1.54) is 0 Å². The fourth-order valence-electron chi connectivity index (χ4n) is 1.25. The third-order valence-corrected chi connectivity index (χ3v) is 2.00. The first-order valence-electron chi connectivity index (χ1n) is 5.06. The fraction of sp³-hybridized carbons (Fsp3) is 0.700. The number of aryl methyl sites for hydroxylation is 2. The van der Waals surface area contributed by atoms with E-state index < -0.39 is 0 Å². The number of rotatable bonds is 7. The van der Waals surface area contributed by atoms with Crippen LogP contribution in [-0.4, -0.2) is 30.3 Å². The summed E-state index contributed by atoms with van der Waals surface area (Å²) in [5.41, 5.74) is 0. The van der Waals surface area contributed by atoms with Gasteiger partial charge in [-0.15, -0.1) is 0 Å². The average Bonchev–Trinajstić information content (AvgIpc) is 2.63. The second-order valence-corrected chi connectivity index (χ2v) is 3.25. The van der Waals surface area contributed by atoms with Crippen LogP contribution in [0, 0.1) is 0 Å². The molecule has 1 heterocycles. The monoisotopic (exact) mass is 198 g/mol. The third-order valence-electron chi connectivity index (χ3n) is 2.00. The molecule has 0 fully saturated rings. The maximum Gasteiger partial charge on any atom is 0.194 e. The van der Waals surface area contributed by atoms with Crippen LogP contribution >= 0.6 is 0 Å². The lowest BCUT2D eigenvalue weighted by Gasteiger charge is -1.96. The lowest BCUT2D eigenvalue weighted by Crippen LogP contribution is -2.08. The summed E-state index contributed by atoms with van der Waals surface area (Å²) in [5.74, 6) is 1.67. The van der Waals surface area contributed by atoms with E-state index in [2.05, 4.69) is 10.3 Å². The Balaban J connectivity index is 2.27. The van der Waals surface area contributed by atoms with Gasteiger partial charge in [-0.3, -0.25) is 0 Å². The van der Waals surface area contributed by atoms with Crippen LogP contribution in [0.5, 0.6) is 0 Å². The smallest absolute Gasteiger partial charge is 0.194 e. The third kappa shape index (κ3) is 3.89. The van der Waals surface area contributed by atoms with Gasteiger partial charge in [0.25, 0.3) is 0 Å². The molecule has 2 N–H and O–H groups in total. The Morgan fingerprint density at radius 2 is 2.29 bits per heavy atom. The SMILES string of the molecule is CNCCCc1cnc(CCCO)o1. The molecule has 0 atom stereocenters. The molecule has 1 aromatic rings. The first kappa shape index (κ1) is 11.2. The molecule has 0 aliphatic carbocycles. The minimum atomic E-state index is 0.192. The van der Waals surface area contributed by atoms with Crippen LogP contribution in [0.2, 0.25) is 0 Å². The highest BCUT2D eigenvalue weighted by molar-refractivity contribution is 4.94. The summed E-state index contributed by atoms with van der Waals surface area (Å²) in [4.78, 5) is 4.13. The quantitative estimate of drug-likeness (QED) is 0.635. The number of hydrogen-bond acceptors (Lipinski definition) is 4. The van der Waals surface area contributed by atoms with Gasteiger partial charge in [0.15, 0.2) is 5.89 Å². The van der Waals surface area contributed by atoms with Crippen molar-refractivity contribution in [2.24, 2.45) is 0 Å². The Kier molecular flexibility index (Phi) is 5.25. The number of aliphatic hydroxyl groups excluding tert-OH is 1. The van der Waals surface area contributed by atoms with Gasteiger partial charge in [0.2, 0.25) is 0 Å². The first-order chi connectivity index (χ1) is 6.86. The number of nitrogens with one attached hydrogen (secondary N) is 1. The van der Waals surface area contributed by atoms with Crippen molar-refractivity contribution in [1.82, 2.24) is 10.3 Å². The minimum Gasteiger partial charge on any atom is -0.446 e. The summed E-state index contributed by atoms with van der Waals surface area (Å²) in [6, 6.07) is 0. The molecule has 80 valence electrons. The molecule has 0 amide bonds. The molecular formula is C10H18N2O2. The highest BCUT2D eigenvalue weighted by Gasteiger charge is 2.02. The van der Waals surface area contributed by atoms with Crippen LogP contribution in [-0.2, 0) is 12.8 Å². The Bertz CT molecular complexity index is 248. The number of aliphatic hydroxyl groups is 1. The fourth-order valence-corrected chi connectivity index (χ4v) is 1.25. The number of hydrogen-bond donors (Lipinski definition) is 2. The second-order valence-electron chi connectivity index (χ2n) is 3.25. The molecular weight excluding hydrogens is 180 g/mol. The van der Waals surface area contributed by atoms with Crippen molar-refractivity contribution < 1.29 is 9.52 Å². The molecule has 0 aromatic carbocycles.